The second kappa shape index (κ2) is 6.72. The van der Waals surface area contributed by atoms with Gasteiger partial charge in [0.2, 0.25) is 16.9 Å². The van der Waals surface area contributed by atoms with Crippen LogP contribution in [0.4, 0.5) is 5.13 Å². The number of hydrogen-bond donors (Lipinski definition) is 1. The Morgan fingerprint density at radius 3 is 2.44 bits per heavy atom. The van der Waals surface area contributed by atoms with E-state index in [1.165, 1.54) is 38.5 Å². The highest BCUT2D eigenvalue weighted by atomic mass is 32.2. The summed E-state index contributed by atoms with van der Waals surface area (Å²) >= 11 is 3.19. The summed E-state index contributed by atoms with van der Waals surface area (Å²) in [6.45, 7) is 1.84. The average molecular weight is 407 g/mol. The predicted molar refractivity (Wildman–Crippen MR) is 107 cm³/mol. The fourth-order valence-corrected chi connectivity index (χ4v) is 8.30. The van der Waals surface area contributed by atoms with Crippen LogP contribution in [0.25, 0.3) is 0 Å². The molecule has 4 bridgehead atoms. The number of rotatable bonds is 4. The maximum atomic E-state index is 12.7. The van der Waals surface area contributed by atoms with Crippen molar-refractivity contribution in [2.75, 3.05) is 16.9 Å². The summed E-state index contributed by atoms with van der Waals surface area (Å²) in [6.07, 6.45) is 8.39. The molecule has 0 radical (unpaired) electrons. The molecule has 6 nitrogen and oxygen atoms in total. The largest absolute Gasteiger partial charge is 0.321 e. The van der Waals surface area contributed by atoms with Crippen LogP contribution in [-0.4, -0.2) is 44.6 Å². The van der Waals surface area contributed by atoms with Crippen molar-refractivity contribution in [2.45, 2.75) is 63.3 Å². The average Bonchev–Trinajstić information content (AvgIpc) is 3.29. The van der Waals surface area contributed by atoms with Gasteiger partial charge in [0.1, 0.15) is 11.0 Å². The van der Waals surface area contributed by atoms with Crippen molar-refractivity contribution in [1.82, 2.24) is 15.1 Å². The third kappa shape index (κ3) is 3.09. The first-order chi connectivity index (χ1) is 13.1. The Hall–Kier alpha value is -1.15. The Morgan fingerprint density at radius 1 is 1.15 bits per heavy atom. The van der Waals surface area contributed by atoms with Gasteiger partial charge in [-0.3, -0.25) is 14.9 Å². The van der Waals surface area contributed by atoms with Crippen LogP contribution >= 0.6 is 23.1 Å². The van der Waals surface area contributed by atoms with Gasteiger partial charge in [-0.1, -0.05) is 18.3 Å². The first-order valence-electron chi connectivity index (χ1n) is 10.1. The normalized spacial score (nSPS) is 37.0. The van der Waals surface area contributed by atoms with E-state index in [2.05, 4.69) is 15.5 Å². The van der Waals surface area contributed by atoms with Gasteiger partial charge in [-0.25, -0.2) is 0 Å². The minimum absolute atomic E-state index is 0.0340. The smallest absolute Gasteiger partial charge is 0.249 e. The highest BCUT2D eigenvalue weighted by Gasteiger charge is 2.53. The summed E-state index contributed by atoms with van der Waals surface area (Å²) in [5, 5.41) is 13.5. The monoisotopic (exact) mass is 406 g/mol. The van der Waals surface area contributed by atoms with Crippen LogP contribution in [0.15, 0.2) is 0 Å². The second-order valence-corrected chi connectivity index (χ2v) is 10.8. The highest BCUT2D eigenvalue weighted by molar-refractivity contribution is 7.99. The molecule has 6 rings (SSSR count). The topological polar surface area (TPSA) is 75.2 Å². The number of carbonyl (C=O) groups is 2. The van der Waals surface area contributed by atoms with Crippen LogP contribution in [0, 0.1) is 17.8 Å². The van der Waals surface area contributed by atoms with Crippen LogP contribution in [0.3, 0.4) is 0 Å². The summed E-state index contributed by atoms with van der Waals surface area (Å²) in [5.41, 5.74) is 0.211. The molecule has 27 heavy (non-hydrogen) atoms. The lowest BCUT2D eigenvalue weighted by atomic mass is 9.50. The van der Waals surface area contributed by atoms with Crippen LogP contribution in [-0.2, 0) is 15.0 Å². The summed E-state index contributed by atoms with van der Waals surface area (Å²) in [5.74, 6) is 3.74. The Labute approximate surface area is 167 Å². The summed E-state index contributed by atoms with van der Waals surface area (Å²) in [7, 11) is 0. The summed E-state index contributed by atoms with van der Waals surface area (Å²) < 4.78 is 0. The summed E-state index contributed by atoms with van der Waals surface area (Å²) in [4.78, 5) is 26.5. The van der Waals surface area contributed by atoms with E-state index < -0.39 is 6.04 Å². The number of aromatic nitrogens is 2. The lowest BCUT2D eigenvalue weighted by Crippen LogP contribution is -2.48. The van der Waals surface area contributed by atoms with Crippen LogP contribution in [0.2, 0.25) is 0 Å². The third-order valence-electron chi connectivity index (χ3n) is 6.95. The lowest BCUT2D eigenvalue weighted by Gasteiger charge is -2.55. The van der Waals surface area contributed by atoms with Gasteiger partial charge in [0.05, 0.1) is 5.88 Å². The standard InChI is InChI=1S/C19H26N4O2S2/c1-2-15(24)23-10-26-9-14(23)16(25)20-18-22-21-17(27-18)19-6-11-3-12(7-19)5-13(4-11)8-19/h11-14H,2-10H2,1H3,(H,20,22,25). The fourth-order valence-electron chi connectivity index (χ4n) is 6.16. The zero-order valence-corrected chi connectivity index (χ0v) is 17.3. The highest BCUT2D eigenvalue weighted by Crippen LogP contribution is 2.61. The molecule has 0 spiro atoms. The molecule has 146 valence electrons. The molecule has 5 aliphatic rings. The quantitative estimate of drug-likeness (QED) is 0.831. The zero-order valence-electron chi connectivity index (χ0n) is 15.6. The molecule has 1 unspecified atom stereocenters. The van der Waals surface area contributed by atoms with Crippen molar-refractivity contribution in [3.63, 3.8) is 0 Å². The second-order valence-electron chi connectivity index (χ2n) is 8.83. The number of nitrogens with zero attached hydrogens (tertiary/aromatic N) is 3. The van der Waals surface area contributed by atoms with E-state index >= 15 is 0 Å². The molecule has 4 aliphatic carbocycles. The number of nitrogens with one attached hydrogen (secondary N) is 1. The molecule has 5 fully saturated rings. The predicted octanol–water partition coefficient (Wildman–Crippen LogP) is 3.26. The molecule has 1 aromatic rings. The Balaban J connectivity index is 1.30. The van der Waals surface area contributed by atoms with Gasteiger partial charge >= 0.3 is 0 Å². The van der Waals surface area contributed by atoms with Crippen LogP contribution in [0.5, 0.6) is 0 Å². The molecule has 2 amide bonds. The maximum Gasteiger partial charge on any atom is 0.249 e. The van der Waals surface area contributed by atoms with Crippen molar-refractivity contribution >= 4 is 40.0 Å². The molecule has 2 heterocycles. The molecule has 1 saturated heterocycles. The number of anilines is 1. The first-order valence-corrected chi connectivity index (χ1v) is 12.1. The van der Waals surface area contributed by atoms with Gasteiger partial charge in [-0.15, -0.1) is 22.0 Å². The number of thioether (sulfide) groups is 1. The Kier molecular flexibility index (Phi) is 4.46. The first kappa shape index (κ1) is 17.9. The molecule has 1 N–H and O–H groups in total. The van der Waals surface area contributed by atoms with Crippen LogP contribution in [0.1, 0.15) is 56.9 Å². The van der Waals surface area contributed by atoms with Gasteiger partial charge in [-0.2, -0.15) is 0 Å². The molecule has 1 aromatic heterocycles. The van der Waals surface area contributed by atoms with Gasteiger partial charge in [0.25, 0.3) is 0 Å². The maximum absolute atomic E-state index is 12.7. The van der Waals surface area contributed by atoms with Gasteiger partial charge in [0, 0.05) is 17.6 Å². The van der Waals surface area contributed by atoms with Crippen molar-refractivity contribution in [3.05, 3.63) is 5.01 Å². The van der Waals surface area contributed by atoms with E-state index in [0.717, 1.165) is 22.8 Å². The zero-order chi connectivity index (χ0) is 18.6. The van der Waals surface area contributed by atoms with Crippen LogP contribution < -0.4 is 5.32 Å². The van der Waals surface area contributed by atoms with E-state index in [1.807, 2.05) is 6.92 Å². The van der Waals surface area contributed by atoms with Crippen molar-refractivity contribution in [1.29, 1.82) is 0 Å². The van der Waals surface area contributed by atoms with Gasteiger partial charge in [-0.05, 0) is 56.3 Å². The lowest BCUT2D eigenvalue weighted by molar-refractivity contribution is -0.135. The minimum Gasteiger partial charge on any atom is -0.321 e. The van der Waals surface area contributed by atoms with E-state index in [4.69, 9.17) is 0 Å². The van der Waals surface area contributed by atoms with Gasteiger partial charge < -0.3 is 4.90 Å². The fraction of sp³-hybridized carbons (Fsp3) is 0.789. The summed E-state index contributed by atoms with van der Waals surface area (Å²) in [6, 6.07) is -0.394. The minimum atomic E-state index is -0.394. The van der Waals surface area contributed by atoms with Crippen molar-refractivity contribution < 1.29 is 9.59 Å². The van der Waals surface area contributed by atoms with Crippen molar-refractivity contribution in [3.8, 4) is 0 Å². The molecular formula is C19H26N4O2S2. The number of carbonyl (C=O) groups excluding carboxylic acids is 2. The van der Waals surface area contributed by atoms with E-state index in [0.29, 0.717) is 23.2 Å². The van der Waals surface area contributed by atoms with E-state index in [-0.39, 0.29) is 17.2 Å². The SMILES string of the molecule is CCC(=O)N1CSCC1C(=O)Nc1nnc(C23CC4CC(CC(C4)C2)C3)s1. The molecule has 0 aromatic carbocycles. The van der Waals surface area contributed by atoms with E-state index in [1.54, 1.807) is 28.0 Å². The molecule has 8 heteroatoms. The number of amides is 2. The molecule has 4 saturated carbocycles. The van der Waals surface area contributed by atoms with E-state index in [9.17, 15) is 9.59 Å². The van der Waals surface area contributed by atoms with Gasteiger partial charge in [0.15, 0.2) is 0 Å². The molecular weight excluding hydrogens is 380 g/mol. The van der Waals surface area contributed by atoms with Crippen molar-refractivity contribution in [2.24, 2.45) is 17.8 Å². The Morgan fingerprint density at radius 2 is 1.81 bits per heavy atom. The molecule has 1 aliphatic heterocycles. The number of hydrogen-bond acceptors (Lipinski definition) is 6. The Bertz CT molecular complexity index is 729. The third-order valence-corrected chi connectivity index (χ3v) is 9.05. The molecule has 1 atom stereocenters.